The Labute approximate surface area is 121 Å². The van der Waals surface area contributed by atoms with Gasteiger partial charge >= 0.3 is 0 Å². The number of aliphatic hydroxyl groups excluding tert-OH is 1. The molecule has 1 N–H and O–H groups in total. The molecule has 2 aromatic carbocycles. The minimum Gasteiger partial charge on any atom is -0.384 e. The molecule has 0 aliphatic carbocycles. The van der Waals surface area contributed by atoms with Gasteiger partial charge in [0.1, 0.15) is 6.10 Å². The highest BCUT2D eigenvalue weighted by molar-refractivity contribution is 9.10. The number of aliphatic hydroxyl groups is 1. The number of fused-ring (bicyclic) bond motifs is 1. The first-order valence-electron chi connectivity index (χ1n) is 6.29. The van der Waals surface area contributed by atoms with E-state index in [2.05, 4.69) is 15.9 Å². The lowest BCUT2D eigenvalue weighted by molar-refractivity contribution is 0.134. The van der Waals surface area contributed by atoms with Crippen LogP contribution in [0.3, 0.4) is 0 Å². The molecule has 0 amide bonds. The van der Waals surface area contributed by atoms with Gasteiger partial charge in [-0.05, 0) is 34.7 Å². The molecular formula is C16H15BrO2. The fourth-order valence-electron chi connectivity index (χ4n) is 2.42. The van der Waals surface area contributed by atoms with E-state index in [0.29, 0.717) is 13.2 Å². The molecule has 0 fully saturated rings. The Balaban J connectivity index is 2.00. The molecule has 0 bridgehead atoms. The molecule has 2 aromatic rings. The molecule has 1 atom stereocenters. The van der Waals surface area contributed by atoms with Crippen molar-refractivity contribution in [1.29, 1.82) is 0 Å². The average molecular weight is 319 g/mol. The van der Waals surface area contributed by atoms with Gasteiger partial charge in [0.2, 0.25) is 0 Å². The summed E-state index contributed by atoms with van der Waals surface area (Å²) in [6.07, 6.45) is -0.611. The van der Waals surface area contributed by atoms with Crippen LogP contribution >= 0.6 is 15.9 Å². The number of hydrogen-bond acceptors (Lipinski definition) is 2. The van der Waals surface area contributed by atoms with Crippen molar-refractivity contribution in [3.63, 3.8) is 0 Å². The molecule has 1 aliphatic rings. The number of ether oxygens (including phenoxy) is 1. The molecule has 1 heterocycles. The molecule has 3 rings (SSSR count). The van der Waals surface area contributed by atoms with Crippen molar-refractivity contribution in [1.82, 2.24) is 0 Å². The van der Waals surface area contributed by atoms with Gasteiger partial charge in [-0.3, -0.25) is 0 Å². The maximum Gasteiger partial charge on any atom is 0.105 e. The molecular weight excluding hydrogens is 304 g/mol. The smallest absolute Gasteiger partial charge is 0.105 e. The van der Waals surface area contributed by atoms with Gasteiger partial charge in [-0.1, -0.05) is 52.3 Å². The van der Waals surface area contributed by atoms with E-state index in [1.807, 2.05) is 43.3 Å². The van der Waals surface area contributed by atoms with Crippen molar-refractivity contribution < 1.29 is 9.84 Å². The first-order chi connectivity index (χ1) is 9.16. The van der Waals surface area contributed by atoms with Crippen LogP contribution in [0.15, 0.2) is 40.9 Å². The van der Waals surface area contributed by atoms with E-state index < -0.39 is 6.10 Å². The van der Waals surface area contributed by atoms with E-state index in [-0.39, 0.29) is 0 Å². The second-order valence-electron chi connectivity index (χ2n) is 4.90. The van der Waals surface area contributed by atoms with Gasteiger partial charge in [0.15, 0.2) is 0 Å². The van der Waals surface area contributed by atoms with Crippen LogP contribution < -0.4 is 0 Å². The molecule has 2 nitrogen and oxygen atoms in total. The predicted molar refractivity (Wildman–Crippen MR) is 77.9 cm³/mol. The summed E-state index contributed by atoms with van der Waals surface area (Å²) in [7, 11) is 0. The summed E-state index contributed by atoms with van der Waals surface area (Å²) in [5, 5.41) is 10.6. The lowest BCUT2D eigenvalue weighted by Crippen LogP contribution is -2.02. The van der Waals surface area contributed by atoms with Gasteiger partial charge in [-0.15, -0.1) is 0 Å². The third kappa shape index (κ3) is 2.34. The molecule has 3 heteroatoms. The van der Waals surface area contributed by atoms with Crippen molar-refractivity contribution in [2.45, 2.75) is 26.2 Å². The Morgan fingerprint density at radius 2 is 1.95 bits per heavy atom. The van der Waals surface area contributed by atoms with E-state index in [1.54, 1.807) is 0 Å². The second kappa shape index (κ2) is 5.08. The minimum atomic E-state index is -0.611. The van der Waals surface area contributed by atoms with E-state index in [0.717, 1.165) is 21.2 Å². The third-order valence-electron chi connectivity index (χ3n) is 3.58. The highest BCUT2D eigenvalue weighted by atomic mass is 79.9. The van der Waals surface area contributed by atoms with Crippen LogP contribution in [-0.4, -0.2) is 5.11 Å². The van der Waals surface area contributed by atoms with E-state index >= 15 is 0 Å². The van der Waals surface area contributed by atoms with Crippen molar-refractivity contribution >= 4 is 15.9 Å². The Morgan fingerprint density at radius 1 is 1.16 bits per heavy atom. The van der Waals surface area contributed by atoms with Crippen LogP contribution in [0.5, 0.6) is 0 Å². The maximum absolute atomic E-state index is 10.6. The third-order valence-corrected chi connectivity index (χ3v) is 4.66. The number of rotatable bonds is 2. The Bertz CT molecular complexity index is 622. The normalized spacial score (nSPS) is 15.3. The fourth-order valence-corrected chi connectivity index (χ4v) is 2.90. The molecule has 0 saturated heterocycles. The Morgan fingerprint density at radius 3 is 2.79 bits per heavy atom. The molecule has 98 valence electrons. The zero-order valence-electron chi connectivity index (χ0n) is 10.7. The van der Waals surface area contributed by atoms with Gasteiger partial charge in [0.25, 0.3) is 0 Å². The molecule has 1 aliphatic heterocycles. The van der Waals surface area contributed by atoms with Gasteiger partial charge in [-0.2, -0.15) is 0 Å². The Kier molecular flexibility index (Phi) is 3.44. The van der Waals surface area contributed by atoms with Crippen LogP contribution in [0.4, 0.5) is 0 Å². The molecule has 1 unspecified atom stereocenters. The van der Waals surface area contributed by atoms with Crippen molar-refractivity contribution in [3.05, 3.63) is 68.7 Å². The van der Waals surface area contributed by atoms with E-state index in [9.17, 15) is 5.11 Å². The van der Waals surface area contributed by atoms with Crippen molar-refractivity contribution in [2.24, 2.45) is 0 Å². The summed E-state index contributed by atoms with van der Waals surface area (Å²) < 4.78 is 6.38. The largest absolute Gasteiger partial charge is 0.384 e. The van der Waals surface area contributed by atoms with Gasteiger partial charge < -0.3 is 9.84 Å². The number of hydrogen-bond donors (Lipinski definition) is 1. The minimum absolute atomic E-state index is 0.611. The fraction of sp³-hybridized carbons (Fsp3) is 0.250. The monoisotopic (exact) mass is 318 g/mol. The summed E-state index contributed by atoms with van der Waals surface area (Å²) in [6, 6.07) is 12.0. The van der Waals surface area contributed by atoms with E-state index in [1.165, 1.54) is 11.1 Å². The SMILES string of the molecule is Cc1cccc(C(O)c2ccc3c(c2)COC3)c1Br. The zero-order valence-corrected chi connectivity index (χ0v) is 12.3. The highest BCUT2D eigenvalue weighted by Gasteiger charge is 2.18. The number of halogens is 1. The van der Waals surface area contributed by atoms with Crippen LogP contribution in [0, 0.1) is 6.92 Å². The average Bonchev–Trinajstić information content (AvgIpc) is 2.88. The predicted octanol–water partition coefficient (Wildman–Crippen LogP) is 3.87. The molecule has 0 saturated carbocycles. The van der Waals surface area contributed by atoms with E-state index in [4.69, 9.17) is 4.74 Å². The molecule has 0 spiro atoms. The summed E-state index contributed by atoms with van der Waals surface area (Å²) in [5.74, 6) is 0. The standard InChI is InChI=1S/C16H15BrO2/c1-10-3-2-4-14(15(10)17)16(18)11-5-6-12-8-19-9-13(12)7-11/h2-7,16,18H,8-9H2,1H3. The Hall–Kier alpha value is -1.16. The van der Waals surface area contributed by atoms with Crippen LogP contribution in [0.25, 0.3) is 0 Å². The summed E-state index contributed by atoms with van der Waals surface area (Å²) in [6.45, 7) is 3.35. The number of aryl methyl sites for hydroxylation is 1. The van der Waals surface area contributed by atoms with Gasteiger partial charge in [-0.25, -0.2) is 0 Å². The quantitative estimate of drug-likeness (QED) is 0.910. The summed E-state index contributed by atoms with van der Waals surface area (Å²) in [4.78, 5) is 0. The van der Waals surface area contributed by atoms with Gasteiger partial charge in [0, 0.05) is 4.47 Å². The van der Waals surface area contributed by atoms with Crippen molar-refractivity contribution in [2.75, 3.05) is 0 Å². The summed E-state index contributed by atoms with van der Waals surface area (Å²) >= 11 is 3.56. The topological polar surface area (TPSA) is 29.5 Å². The van der Waals surface area contributed by atoms with Crippen LogP contribution in [-0.2, 0) is 18.0 Å². The lowest BCUT2D eigenvalue weighted by Gasteiger charge is -2.15. The zero-order chi connectivity index (χ0) is 13.4. The highest BCUT2D eigenvalue weighted by Crippen LogP contribution is 2.32. The van der Waals surface area contributed by atoms with Crippen molar-refractivity contribution in [3.8, 4) is 0 Å². The first kappa shape index (κ1) is 12.9. The van der Waals surface area contributed by atoms with Crippen LogP contribution in [0.1, 0.15) is 33.9 Å². The number of benzene rings is 2. The molecule has 0 aromatic heterocycles. The maximum atomic E-state index is 10.6. The van der Waals surface area contributed by atoms with Gasteiger partial charge in [0.05, 0.1) is 13.2 Å². The molecule has 19 heavy (non-hydrogen) atoms. The first-order valence-corrected chi connectivity index (χ1v) is 7.08. The molecule has 0 radical (unpaired) electrons. The lowest BCUT2D eigenvalue weighted by atomic mass is 9.97. The summed E-state index contributed by atoms with van der Waals surface area (Å²) in [5.41, 5.74) is 5.34. The van der Waals surface area contributed by atoms with Crippen LogP contribution in [0.2, 0.25) is 0 Å². The second-order valence-corrected chi connectivity index (χ2v) is 5.69.